The number of hydrogen-bond donors (Lipinski definition) is 2. The molecule has 0 saturated carbocycles. The number of halogens is 1. The third-order valence-electron chi connectivity index (χ3n) is 3.77. The Bertz CT molecular complexity index is 825. The Labute approximate surface area is 150 Å². The summed E-state index contributed by atoms with van der Waals surface area (Å²) in [6.07, 6.45) is 0.682. The normalized spacial score (nSPS) is 10.5. The van der Waals surface area contributed by atoms with Crippen LogP contribution in [0, 0.1) is 12.7 Å². The zero-order valence-electron chi connectivity index (χ0n) is 14.9. The van der Waals surface area contributed by atoms with E-state index in [0.29, 0.717) is 24.2 Å². The van der Waals surface area contributed by atoms with Crippen LogP contribution in [0.15, 0.2) is 24.3 Å². The number of aromatic amines is 1. The molecule has 0 fully saturated rings. The van der Waals surface area contributed by atoms with Crippen molar-refractivity contribution in [2.24, 2.45) is 0 Å². The Morgan fingerprint density at radius 1 is 1.15 bits per heavy atom. The minimum Gasteiger partial charge on any atom is -0.462 e. The number of Topliss-reactive ketones (excluding diaryl/α,β-unsaturated/α-hetero) is 1. The predicted molar refractivity (Wildman–Crippen MR) is 94.5 cm³/mol. The molecule has 26 heavy (non-hydrogen) atoms. The van der Waals surface area contributed by atoms with Gasteiger partial charge in [0.25, 0.3) is 11.7 Å². The number of H-pyrrole nitrogens is 1. The van der Waals surface area contributed by atoms with Crippen LogP contribution < -0.4 is 5.32 Å². The number of ether oxygens (including phenoxy) is 1. The Morgan fingerprint density at radius 2 is 1.81 bits per heavy atom. The highest BCUT2D eigenvalue weighted by molar-refractivity contribution is 6.43. The van der Waals surface area contributed by atoms with E-state index in [0.717, 1.165) is 0 Å². The Kier molecular flexibility index (Phi) is 6.27. The van der Waals surface area contributed by atoms with Crippen molar-refractivity contribution in [3.05, 3.63) is 47.0 Å². The number of ketones is 1. The minimum atomic E-state index is -0.795. The molecule has 0 aliphatic rings. The van der Waals surface area contributed by atoms with Crippen LogP contribution in [0.2, 0.25) is 0 Å². The molecule has 6 nitrogen and oxygen atoms in total. The summed E-state index contributed by atoms with van der Waals surface area (Å²) < 4.78 is 18.4. The minimum absolute atomic E-state index is 0.0224. The fourth-order valence-corrected chi connectivity index (χ4v) is 2.59. The maximum atomic E-state index is 13.3. The lowest BCUT2D eigenvalue weighted by atomic mass is 9.98. The molecule has 2 rings (SSSR count). The first-order valence-electron chi connectivity index (χ1n) is 8.38. The Hall–Kier alpha value is -2.96. The molecule has 0 atom stereocenters. The highest BCUT2D eigenvalue weighted by Gasteiger charge is 2.29. The summed E-state index contributed by atoms with van der Waals surface area (Å²) in [6, 6.07) is 5.33. The van der Waals surface area contributed by atoms with Gasteiger partial charge in [0.1, 0.15) is 11.5 Å². The van der Waals surface area contributed by atoms with Gasteiger partial charge in [-0.25, -0.2) is 9.18 Å². The third-order valence-corrected chi connectivity index (χ3v) is 3.77. The number of carbonyl (C=O) groups excluding carboxylic acids is 3. The average molecular weight is 360 g/mol. The van der Waals surface area contributed by atoms with Crippen LogP contribution >= 0.6 is 0 Å². The monoisotopic (exact) mass is 360 g/mol. The maximum absolute atomic E-state index is 13.3. The lowest BCUT2D eigenvalue weighted by molar-refractivity contribution is -0.117. The van der Waals surface area contributed by atoms with E-state index >= 15 is 0 Å². The highest BCUT2D eigenvalue weighted by atomic mass is 19.1. The number of hydrogen-bond acceptors (Lipinski definition) is 4. The molecular weight excluding hydrogens is 339 g/mol. The van der Waals surface area contributed by atoms with Gasteiger partial charge in [0, 0.05) is 17.8 Å². The van der Waals surface area contributed by atoms with Crippen LogP contribution in [0.1, 0.15) is 46.8 Å². The first kappa shape index (κ1) is 19.4. The molecule has 0 spiro atoms. The molecule has 138 valence electrons. The molecule has 2 N–H and O–H groups in total. The van der Waals surface area contributed by atoms with Gasteiger partial charge < -0.3 is 15.0 Å². The molecule has 0 aliphatic heterocycles. The highest BCUT2D eigenvalue weighted by Crippen LogP contribution is 2.31. The van der Waals surface area contributed by atoms with Crippen LogP contribution in [0.25, 0.3) is 11.1 Å². The van der Waals surface area contributed by atoms with Crippen LogP contribution in [0.5, 0.6) is 0 Å². The summed E-state index contributed by atoms with van der Waals surface area (Å²) in [5, 5.41) is 2.52. The number of esters is 1. The van der Waals surface area contributed by atoms with E-state index in [1.54, 1.807) is 13.8 Å². The number of aryl methyl sites for hydroxylation is 1. The fraction of sp³-hybridized carbons (Fsp3) is 0.316. The second-order valence-corrected chi connectivity index (χ2v) is 5.69. The predicted octanol–water partition coefficient (Wildman–Crippen LogP) is 3.01. The fourth-order valence-electron chi connectivity index (χ4n) is 2.59. The van der Waals surface area contributed by atoms with E-state index in [4.69, 9.17) is 4.74 Å². The van der Waals surface area contributed by atoms with E-state index in [9.17, 15) is 18.8 Å². The Morgan fingerprint density at radius 3 is 2.38 bits per heavy atom. The summed E-state index contributed by atoms with van der Waals surface area (Å²) in [5.74, 6) is -2.64. The van der Waals surface area contributed by atoms with Crippen molar-refractivity contribution in [3.63, 3.8) is 0 Å². The molecular formula is C19H21FN2O4. The van der Waals surface area contributed by atoms with Crippen LogP contribution in [0.4, 0.5) is 4.39 Å². The van der Waals surface area contributed by atoms with Crippen molar-refractivity contribution in [1.29, 1.82) is 0 Å². The van der Waals surface area contributed by atoms with Gasteiger partial charge in [0.2, 0.25) is 0 Å². The topological polar surface area (TPSA) is 88.3 Å². The quantitative estimate of drug-likeness (QED) is 0.451. The van der Waals surface area contributed by atoms with Gasteiger partial charge in [-0.15, -0.1) is 0 Å². The molecule has 0 bridgehead atoms. The molecule has 1 aromatic heterocycles. The van der Waals surface area contributed by atoms with Crippen LogP contribution in [-0.2, 0) is 9.53 Å². The largest absolute Gasteiger partial charge is 0.462 e. The molecule has 1 amide bonds. The van der Waals surface area contributed by atoms with Crippen LogP contribution in [0.3, 0.4) is 0 Å². The molecule has 0 saturated heterocycles. The van der Waals surface area contributed by atoms with Gasteiger partial charge in [-0.2, -0.15) is 0 Å². The van der Waals surface area contributed by atoms with Crippen molar-refractivity contribution >= 4 is 17.7 Å². The molecule has 0 unspecified atom stereocenters. The number of benzene rings is 1. The number of nitrogens with one attached hydrogen (secondary N) is 2. The molecule has 1 heterocycles. The van der Waals surface area contributed by atoms with Gasteiger partial charge in [0.15, 0.2) is 0 Å². The van der Waals surface area contributed by atoms with Gasteiger partial charge in [-0.3, -0.25) is 9.59 Å². The smallest absolute Gasteiger partial charge is 0.340 e. The zero-order valence-corrected chi connectivity index (χ0v) is 14.9. The molecule has 0 aliphatic carbocycles. The first-order chi connectivity index (χ1) is 12.4. The van der Waals surface area contributed by atoms with Crippen molar-refractivity contribution in [1.82, 2.24) is 10.3 Å². The van der Waals surface area contributed by atoms with E-state index in [-0.39, 0.29) is 23.4 Å². The van der Waals surface area contributed by atoms with Gasteiger partial charge in [0.05, 0.1) is 12.2 Å². The van der Waals surface area contributed by atoms with Crippen molar-refractivity contribution in [3.8, 4) is 11.1 Å². The number of rotatable bonds is 7. The summed E-state index contributed by atoms with van der Waals surface area (Å²) >= 11 is 0. The number of carbonyl (C=O) groups is 3. The lowest BCUT2D eigenvalue weighted by Gasteiger charge is -2.08. The van der Waals surface area contributed by atoms with E-state index in [1.165, 1.54) is 24.3 Å². The van der Waals surface area contributed by atoms with Crippen molar-refractivity contribution in [2.45, 2.75) is 27.2 Å². The lowest BCUT2D eigenvalue weighted by Crippen LogP contribution is -2.32. The van der Waals surface area contributed by atoms with Crippen molar-refractivity contribution in [2.75, 3.05) is 13.2 Å². The Balaban J connectivity index is 2.59. The maximum Gasteiger partial charge on any atom is 0.340 e. The summed E-state index contributed by atoms with van der Waals surface area (Å²) in [6.45, 7) is 5.67. The average Bonchev–Trinajstić information content (AvgIpc) is 2.97. The molecule has 7 heteroatoms. The zero-order chi connectivity index (χ0) is 19.3. The summed E-state index contributed by atoms with van der Waals surface area (Å²) in [7, 11) is 0. The standard InChI is InChI=1S/C19H21FN2O4/c1-4-10-21-18(24)17(23)16-15(12-6-8-13(20)9-7-12)14(11(3)22-16)19(25)26-5-2/h6-9,22H,4-5,10H2,1-3H3,(H,21,24). The van der Waals surface area contributed by atoms with E-state index in [1.807, 2.05) is 6.92 Å². The second-order valence-electron chi connectivity index (χ2n) is 5.69. The van der Waals surface area contributed by atoms with E-state index in [2.05, 4.69) is 10.3 Å². The van der Waals surface area contributed by atoms with Crippen molar-refractivity contribution < 1.29 is 23.5 Å². The van der Waals surface area contributed by atoms with Gasteiger partial charge in [-0.1, -0.05) is 19.1 Å². The summed E-state index contributed by atoms with van der Waals surface area (Å²) in [4.78, 5) is 39.9. The molecule has 2 aromatic rings. The molecule has 1 aromatic carbocycles. The SMILES string of the molecule is CCCNC(=O)C(=O)c1[nH]c(C)c(C(=O)OCC)c1-c1ccc(F)cc1. The second kappa shape index (κ2) is 8.42. The number of aromatic nitrogens is 1. The first-order valence-corrected chi connectivity index (χ1v) is 8.38. The molecule has 0 radical (unpaired) electrons. The van der Waals surface area contributed by atoms with E-state index < -0.39 is 23.5 Å². The summed E-state index contributed by atoms with van der Waals surface area (Å²) in [5.41, 5.74) is 1.20. The van der Waals surface area contributed by atoms with Gasteiger partial charge in [-0.05, 0) is 38.0 Å². The van der Waals surface area contributed by atoms with Gasteiger partial charge >= 0.3 is 5.97 Å². The number of amides is 1. The van der Waals surface area contributed by atoms with Crippen LogP contribution in [-0.4, -0.2) is 35.8 Å². The third kappa shape index (κ3) is 3.99.